The van der Waals surface area contributed by atoms with Crippen molar-refractivity contribution >= 4 is 40.8 Å². The summed E-state index contributed by atoms with van der Waals surface area (Å²) in [6.07, 6.45) is 3.77. The van der Waals surface area contributed by atoms with E-state index in [0.717, 1.165) is 18.8 Å². The molecule has 8 heteroatoms. The summed E-state index contributed by atoms with van der Waals surface area (Å²) < 4.78 is 4.92. The van der Waals surface area contributed by atoms with Crippen LogP contribution in [-0.2, 0) is 9.59 Å². The van der Waals surface area contributed by atoms with Crippen molar-refractivity contribution in [2.24, 2.45) is 0 Å². The minimum atomic E-state index is -0.385. The van der Waals surface area contributed by atoms with Gasteiger partial charge < -0.3 is 20.1 Å². The molecule has 1 aromatic heterocycles. The lowest BCUT2D eigenvalue weighted by Crippen LogP contribution is -2.29. The van der Waals surface area contributed by atoms with Crippen molar-refractivity contribution in [2.75, 3.05) is 34.4 Å². The smallest absolute Gasteiger partial charge is 0.238 e. The lowest BCUT2D eigenvalue weighted by atomic mass is 10.1. The maximum Gasteiger partial charge on any atom is 0.238 e. The number of hydrogen-bond donors (Lipinski definition) is 2. The molecule has 7 nitrogen and oxygen atoms in total. The Morgan fingerprint density at radius 1 is 1.18 bits per heavy atom. The molecule has 0 radical (unpaired) electrons. The van der Waals surface area contributed by atoms with Crippen LogP contribution in [0.5, 0.6) is 0 Å². The molecular weight excluding hydrogens is 376 g/mol. The van der Waals surface area contributed by atoms with Crippen LogP contribution in [0, 0.1) is 6.92 Å². The van der Waals surface area contributed by atoms with Crippen LogP contribution in [0.3, 0.4) is 0 Å². The number of aryl methyl sites for hydroxylation is 1. The number of amides is 2. The molecular formula is C20H26N4O3S. The summed E-state index contributed by atoms with van der Waals surface area (Å²) in [5, 5.41) is 8.90. The molecule has 2 amide bonds. The van der Waals surface area contributed by atoms with E-state index in [2.05, 4.69) is 20.7 Å². The number of hydrogen-bond acceptors (Lipinski definition) is 6. The highest BCUT2D eigenvalue weighted by atomic mass is 32.2. The molecule has 0 unspecified atom stereocenters. The molecule has 0 saturated carbocycles. The Labute approximate surface area is 169 Å². The van der Waals surface area contributed by atoms with Crippen molar-refractivity contribution in [3.8, 4) is 0 Å². The van der Waals surface area contributed by atoms with Gasteiger partial charge in [-0.1, -0.05) is 5.16 Å². The van der Waals surface area contributed by atoms with E-state index in [1.165, 1.54) is 36.7 Å². The Hall–Kier alpha value is -2.48. The number of nitrogens with zero attached hydrogens (tertiary/aromatic N) is 2. The molecule has 1 fully saturated rings. The summed E-state index contributed by atoms with van der Waals surface area (Å²) in [6.45, 7) is 5.70. The predicted octanol–water partition coefficient (Wildman–Crippen LogP) is 3.67. The van der Waals surface area contributed by atoms with Gasteiger partial charge in [0.25, 0.3) is 0 Å². The van der Waals surface area contributed by atoms with E-state index >= 15 is 0 Å². The number of nitrogens with one attached hydrogen (secondary N) is 2. The molecule has 2 N–H and O–H groups in total. The van der Waals surface area contributed by atoms with Gasteiger partial charge in [0, 0.05) is 30.5 Å². The lowest BCUT2D eigenvalue weighted by molar-refractivity contribution is -0.115. The second-order valence-corrected chi connectivity index (χ2v) is 8.24. The topological polar surface area (TPSA) is 87.5 Å². The second kappa shape index (κ2) is 9.64. The van der Waals surface area contributed by atoms with Crippen LogP contribution in [0.1, 0.15) is 31.9 Å². The number of anilines is 3. The highest BCUT2D eigenvalue weighted by molar-refractivity contribution is 8.01. The van der Waals surface area contributed by atoms with Gasteiger partial charge >= 0.3 is 0 Å². The molecule has 2 aromatic rings. The maximum atomic E-state index is 12.2. The van der Waals surface area contributed by atoms with Crippen molar-refractivity contribution in [3.63, 3.8) is 0 Å². The molecule has 3 rings (SSSR count). The zero-order valence-electron chi connectivity index (χ0n) is 16.2. The van der Waals surface area contributed by atoms with Crippen LogP contribution in [0.2, 0.25) is 0 Å². The monoisotopic (exact) mass is 402 g/mol. The number of rotatable bonds is 7. The van der Waals surface area contributed by atoms with Gasteiger partial charge in [-0.15, -0.1) is 11.8 Å². The molecule has 1 aliphatic rings. The lowest BCUT2D eigenvalue weighted by Gasteiger charge is -2.28. The van der Waals surface area contributed by atoms with E-state index in [4.69, 9.17) is 4.52 Å². The number of carbonyl (C=O) groups excluding carboxylic acids is 2. The minimum absolute atomic E-state index is 0.132. The zero-order valence-corrected chi connectivity index (χ0v) is 17.1. The molecule has 0 spiro atoms. The summed E-state index contributed by atoms with van der Waals surface area (Å²) >= 11 is 1.27. The Morgan fingerprint density at radius 2 is 1.89 bits per heavy atom. The Morgan fingerprint density at radius 3 is 2.54 bits per heavy atom. The quantitative estimate of drug-likeness (QED) is 0.735. The molecule has 28 heavy (non-hydrogen) atoms. The van der Waals surface area contributed by atoms with Crippen LogP contribution < -0.4 is 15.5 Å². The first kappa shape index (κ1) is 20.3. The van der Waals surface area contributed by atoms with Crippen LogP contribution in [-0.4, -0.2) is 41.1 Å². The van der Waals surface area contributed by atoms with Gasteiger partial charge in [0.05, 0.1) is 11.0 Å². The van der Waals surface area contributed by atoms with Gasteiger partial charge in [-0.2, -0.15) is 0 Å². The average molecular weight is 403 g/mol. The molecule has 0 aliphatic carbocycles. The van der Waals surface area contributed by atoms with Gasteiger partial charge in [0.2, 0.25) is 11.8 Å². The van der Waals surface area contributed by atoms with Gasteiger partial charge in [-0.25, -0.2) is 0 Å². The largest absolute Gasteiger partial charge is 0.372 e. The fourth-order valence-electron chi connectivity index (χ4n) is 3.03. The summed E-state index contributed by atoms with van der Waals surface area (Å²) in [5.41, 5.74) is 1.96. The minimum Gasteiger partial charge on any atom is -0.372 e. The fraction of sp³-hybridized carbons (Fsp3) is 0.450. The Kier molecular flexibility index (Phi) is 6.97. The average Bonchev–Trinajstić information content (AvgIpc) is 3.12. The molecule has 1 aliphatic heterocycles. The number of benzene rings is 1. The highest BCUT2D eigenvalue weighted by Crippen LogP contribution is 2.22. The SMILES string of the molecule is Cc1cc(NC(=O)[C@H](C)SCC(=O)Nc2ccc(N3CCCCC3)cc2)no1. The third kappa shape index (κ3) is 5.76. The van der Waals surface area contributed by atoms with Gasteiger partial charge in [0.15, 0.2) is 5.82 Å². The van der Waals surface area contributed by atoms with Crippen LogP contribution >= 0.6 is 11.8 Å². The molecule has 0 bridgehead atoms. The maximum absolute atomic E-state index is 12.2. The van der Waals surface area contributed by atoms with Crippen molar-refractivity contribution in [1.82, 2.24) is 5.16 Å². The summed E-state index contributed by atoms with van der Waals surface area (Å²) in [7, 11) is 0. The third-order valence-corrected chi connectivity index (χ3v) is 5.73. The second-order valence-electron chi connectivity index (χ2n) is 6.91. The number of carbonyl (C=O) groups is 2. The predicted molar refractivity (Wildman–Crippen MR) is 113 cm³/mol. The number of piperidine rings is 1. The van der Waals surface area contributed by atoms with E-state index in [0.29, 0.717) is 11.6 Å². The van der Waals surface area contributed by atoms with Crippen LogP contribution in [0.25, 0.3) is 0 Å². The third-order valence-electron chi connectivity index (χ3n) is 4.59. The van der Waals surface area contributed by atoms with Crippen molar-refractivity contribution in [2.45, 2.75) is 38.4 Å². The zero-order chi connectivity index (χ0) is 19.9. The normalized spacial score (nSPS) is 15.1. The Balaban J connectivity index is 1.42. The molecule has 1 atom stereocenters. The standard InChI is InChI=1S/C20H26N4O3S/c1-14-12-18(23-27-14)22-20(26)15(2)28-13-19(25)21-16-6-8-17(9-7-16)24-10-4-3-5-11-24/h6-9,12,15H,3-5,10-11,13H2,1-2H3,(H,21,25)(H,22,23,26)/t15-/m0/s1. The van der Waals surface area contributed by atoms with Crippen molar-refractivity contribution in [3.05, 3.63) is 36.1 Å². The fourth-order valence-corrected chi connectivity index (χ4v) is 3.72. The summed E-state index contributed by atoms with van der Waals surface area (Å²) in [4.78, 5) is 26.7. The summed E-state index contributed by atoms with van der Waals surface area (Å²) in [6, 6.07) is 9.59. The first-order valence-electron chi connectivity index (χ1n) is 9.52. The van der Waals surface area contributed by atoms with Gasteiger partial charge in [-0.05, 0) is 57.4 Å². The molecule has 1 aromatic carbocycles. The van der Waals surface area contributed by atoms with E-state index < -0.39 is 0 Å². The van der Waals surface area contributed by atoms with E-state index in [-0.39, 0.29) is 22.8 Å². The summed E-state index contributed by atoms with van der Waals surface area (Å²) in [5.74, 6) is 0.861. The van der Waals surface area contributed by atoms with Crippen molar-refractivity contribution < 1.29 is 14.1 Å². The number of aromatic nitrogens is 1. The number of thioether (sulfide) groups is 1. The molecule has 150 valence electrons. The van der Waals surface area contributed by atoms with E-state index in [1.54, 1.807) is 19.9 Å². The van der Waals surface area contributed by atoms with Crippen LogP contribution in [0.4, 0.5) is 17.2 Å². The van der Waals surface area contributed by atoms with Gasteiger partial charge in [-0.3, -0.25) is 9.59 Å². The first-order chi connectivity index (χ1) is 13.5. The Bertz CT molecular complexity index is 800. The van der Waals surface area contributed by atoms with Crippen molar-refractivity contribution in [1.29, 1.82) is 0 Å². The van der Waals surface area contributed by atoms with E-state index in [1.807, 2.05) is 24.3 Å². The van der Waals surface area contributed by atoms with E-state index in [9.17, 15) is 9.59 Å². The molecule has 2 heterocycles. The van der Waals surface area contributed by atoms with Crippen LogP contribution in [0.15, 0.2) is 34.9 Å². The molecule has 1 saturated heterocycles. The first-order valence-corrected chi connectivity index (χ1v) is 10.6. The highest BCUT2D eigenvalue weighted by Gasteiger charge is 2.17. The van der Waals surface area contributed by atoms with Gasteiger partial charge in [0.1, 0.15) is 5.76 Å².